The largest absolute Gasteiger partial charge is 0.503 e. The Kier molecular flexibility index (Phi) is 6.38. The number of hydrogen-bond donors (Lipinski definition) is 1. The molecule has 3 heterocycles. The Bertz CT molecular complexity index is 1190. The van der Waals surface area contributed by atoms with Crippen LogP contribution in [0.1, 0.15) is 40.5 Å². The number of rotatable bonds is 7. The van der Waals surface area contributed by atoms with Crippen LogP contribution in [-0.2, 0) is 17.7 Å². The lowest BCUT2D eigenvalue weighted by atomic mass is 10.1. The monoisotopic (exact) mass is 454 g/mol. The second-order valence-corrected chi connectivity index (χ2v) is 8.85. The van der Waals surface area contributed by atoms with Crippen molar-refractivity contribution in [1.29, 1.82) is 0 Å². The smallest absolute Gasteiger partial charge is 0.274 e. The highest BCUT2D eigenvalue weighted by Crippen LogP contribution is 2.29. The fraction of sp³-hybridized carbons (Fsp3) is 0.391. The Morgan fingerprint density at radius 2 is 1.94 bits per heavy atom. The zero-order valence-corrected chi connectivity index (χ0v) is 19.2. The second-order valence-electron chi connectivity index (χ2n) is 7.79. The molecule has 1 aromatic carbocycles. The van der Waals surface area contributed by atoms with Crippen LogP contribution in [0.2, 0.25) is 0 Å². The summed E-state index contributed by atoms with van der Waals surface area (Å²) in [5.41, 5.74) is 1.93. The zero-order chi connectivity index (χ0) is 22.8. The molecular weight excluding hydrogens is 428 g/mol. The van der Waals surface area contributed by atoms with Gasteiger partial charge in [0, 0.05) is 32.3 Å². The van der Waals surface area contributed by atoms with Gasteiger partial charge in [0.25, 0.3) is 5.91 Å². The number of carbonyl (C=O) groups is 1. The summed E-state index contributed by atoms with van der Waals surface area (Å²) in [5, 5.41) is 20.3. The van der Waals surface area contributed by atoms with Gasteiger partial charge in [0.2, 0.25) is 5.43 Å². The number of pyridine rings is 1. The SMILES string of the molecule is CCOC[C@@H]1Cn2cc(-c3nnc(Cc4ccc(C)cc4)s3)c(=O)c(O)c2C(=O)N1CC. The van der Waals surface area contributed by atoms with E-state index in [1.165, 1.54) is 16.9 Å². The van der Waals surface area contributed by atoms with Gasteiger partial charge in [-0.2, -0.15) is 0 Å². The summed E-state index contributed by atoms with van der Waals surface area (Å²) < 4.78 is 7.20. The normalized spacial score (nSPS) is 15.8. The molecule has 8 nitrogen and oxygen atoms in total. The maximum absolute atomic E-state index is 13.0. The molecule has 0 saturated carbocycles. The van der Waals surface area contributed by atoms with Crippen molar-refractivity contribution in [1.82, 2.24) is 19.7 Å². The molecule has 0 radical (unpaired) electrons. The van der Waals surface area contributed by atoms with Gasteiger partial charge < -0.3 is 19.3 Å². The molecule has 1 amide bonds. The predicted octanol–water partition coefficient (Wildman–Crippen LogP) is 2.85. The van der Waals surface area contributed by atoms with Crippen molar-refractivity contribution in [3.63, 3.8) is 0 Å². The van der Waals surface area contributed by atoms with Crippen LogP contribution >= 0.6 is 11.3 Å². The molecule has 0 saturated heterocycles. The van der Waals surface area contributed by atoms with E-state index in [2.05, 4.69) is 10.2 Å². The van der Waals surface area contributed by atoms with Gasteiger partial charge in [-0.15, -0.1) is 10.2 Å². The van der Waals surface area contributed by atoms with Crippen LogP contribution in [0.4, 0.5) is 0 Å². The number of aromatic nitrogens is 3. The summed E-state index contributed by atoms with van der Waals surface area (Å²) in [6, 6.07) is 7.99. The number of hydrogen-bond acceptors (Lipinski definition) is 7. The topological polar surface area (TPSA) is 97.5 Å². The zero-order valence-electron chi connectivity index (χ0n) is 18.4. The molecule has 0 spiro atoms. The summed E-state index contributed by atoms with van der Waals surface area (Å²) in [4.78, 5) is 27.6. The van der Waals surface area contributed by atoms with Crippen molar-refractivity contribution in [3.05, 3.63) is 62.5 Å². The third-order valence-electron chi connectivity index (χ3n) is 5.60. The number of aromatic hydroxyl groups is 1. The lowest BCUT2D eigenvalue weighted by molar-refractivity contribution is 0.0342. The van der Waals surface area contributed by atoms with E-state index >= 15 is 0 Å². The summed E-state index contributed by atoms with van der Waals surface area (Å²) in [6.45, 7) is 7.62. The number of amides is 1. The van der Waals surface area contributed by atoms with Crippen LogP contribution in [0, 0.1) is 6.92 Å². The predicted molar refractivity (Wildman–Crippen MR) is 122 cm³/mol. The molecule has 168 valence electrons. The molecule has 0 aliphatic carbocycles. The molecule has 0 unspecified atom stereocenters. The van der Waals surface area contributed by atoms with Gasteiger partial charge in [-0.05, 0) is 26.3 Å². The molecule has 32 heavy (non-hydrogen) atoms. The van der Waals surface area contributed by atoms with Crippen LogP contribution in [-0.4, -0.2) is 56.5 Å². The van der Waals surface area contributed by atoms with E-state index in [4.69, 9.17) is 4.74 Å². The Morgan fingerprint density at radius 1 is 1.19 bits per heavy atom. The van der Waals surface area contributed by atoms with E-state index in [0.717, 1.165) is 10.6 Å². The lowest BCUT2D eigenvalue weighted by Crippen LogP contribution is -2.50. The molecule has 0 fully saturated rings. The molecule has 1 aliphatic rings. The van der Waals surface area contributed by atoms with Gasteiger partial charge in [0.15, 0.2) is 16.5 Å². The number of nitrogens with zero attached hydrogens (tertiary/aromatic N) is 4. The molecule has 2 aromatic heterocycles. The Morgan fingerprint density at radius 3 is 2.62 bits per heavy atom. The molecule has 0 bridgehead atoms. The van der Waals surface area contributed by atoms with Gasteiger partial charge in [-0.3, -0.25) is 9.59 Å². The van der Waals surface area contributed by atoms with Crippen LogP contribution in [0.15, 0.2) is 35.3 Å². The number of ether oxygens (including phenoxy) is 1. The van der Waals surface area contributed by atoms with Crippen molar-refractivity contribution < 1.29 is 14.6 Å². The van der Waals surface area contributed by atoms with Crippen molar-refractivity contribution in [2.45, 2.75) is 39.8 Å². The van der Waals surface area contributed by atoms with Crippen molar-refractivity contribution in [3.8, 4) is 16.3 Å². The third kappa shape index (κ3) is 4.18. The van der Waals surface area contributed by atoms with E-state index < -0.39 is 11.2 Å². The van der Waals surface area contributed by atoms with E-state index in [9.17, 15) is 14.7 Å². The first-order valence-electron chi connectivity index (χ1n) is 10.7. The first-order valence-corrected chi connectivity index (χ1v) is 11.5. The Balaban J connectivity index is 1.68. The highest BCUT2D eigenvalue weighted by molar-refractivity contribution is 7.14. The third-order valence-corrected chi connectivity index (χ3v) is 6.55. The average Bonchev–Trinajstić information content (AvgIpc) is 3.24. The number of fused-ring (bicyclic) bond motifs is 1. The molecule has 9 heteroatoms. The van der Waals surface area contributed by atoms with Crippen LogP contribution in [0.5, 0.6) is 5.75 Å². The molecule has 1 aliphatic heterocycles. The second kappa shape index (κ2) is 9.22. The van der Waals surface area contributed by atoms with Gasteiger partial charge >= 0.3 is 0 Å². The summed E-state index contributed by atoms with van der Waals surface area (Å²) in [5.74, 6) is -0.918. The molecule has 4 rings (SSSR count). The highest BCUT2D eigenvalue weighted by atomic mass is 32.1. The molecular formula is C23H26N4O4S. The van der Waals surface area contributed by atoms with Gasteiger partial charge in [0.1, 0.15) is 5.01 Å². The van der Waals surface area contributed by atoms with Crippen molar-refractivity contribution in [2.75, 3.05) is 19.8 Å². The first kappa shape index (κ1) is 22.2. The summed E-state index contributed by atoms with van der Waals surface area (Å²) in [7, 11) is 0. The van der Waals surface area contributed by atoms with Crippen molar-refractivity contribution in [2.24, 2.45) is 0 Å². The number of carbonyl (C=O) groups excluding carboxylic acids is 1. The molecule has 1 atom stereocenters. The van der Waals surface area contributed by atoms with Gasteiger partial charge in [-0.1, -0.05) is 41.2 Å². The Labute approximate surface area is 190 Å². The van der Waals surface area contributed by atoms with Crippen LogP contribution < -0.4 is 5.43 Å². The molecule has 1 N–H and O–H groups in total. The highest BCUT2D eigenvalue weighted by Gasteiger charge is 2.35. The Hall–Kier alpha value is -3.04. The minimum atomic E-state index is -0.609. The van der Waals surface area contributed by atoms with Gasteiger partial charge in [-0.25, -0.2) is 0 Å². The minimum absolute atomic E-state index is 0.0118. The van der Waals surface area contributed by atoms with E-state index in [0.29, 0.717) is 37.7 Å². The van der Waals surface area contributed by atoms with Crippen LogP contribution in [0.25, 0.3) is 10.6 Å². The number of likely N-dealkylation sites (N-methyl/N-ethyl adjacent to an activating group) is 1. The minimum Gasteiger partial charge on any atom is -0.503 e. The standard InChI is InChI=1S/C23H26N4O4S/c1-4-27-16(13-31-5-2)11-26-12-17(20(28)21(29)19(26)23(27)30)22-25-24-18(32-22)10-15-8-6-14(3)7-9-15/h6-9,12,16,29H,4-5,10-11,13H2,1-3H3/t16-/m0/s1. The van der Waals surface area contributed by atoms with E-state index in [1.807, 2.05) is 45.0 Å². The molecule has 3 aromatic rings. The number of benzene rings is 1. The first-order chi connectivity index (χ1) is 15.4. The fourth-order valence-corrected chi connectivity index (χ4v) is 4.79. The summed E-state index contributed by atoms with van der Waals surface area (Å²) in [6.07, 6.45) is 2.22. The van der Waals surface area contributed by atoms with E-state index in [-0.39, 0.29) is 23.2 Å². The maximum atomic E-state index is 13.0. The average molecular weight is 455 g/mol. The van der Waals surface area contributed by atoms with Gasteiger partial charge in [0.05, 0.1) is 18.2 Å². The summed E-state index contributed by atoms with van der Waals surface area (Å²) >= 11 is 1.31. The quantitative estimate of drug-likeness (QED) is 0.590. The lowest BCUT2D eigenvalue weighted by Gasteiger charge is -2.37. The maximum Gasteiger partial charge on any atom is 0.274 e. The van der Waals surface area contributed by atoms with Crippen molar-refractivity contribution >= 4 is 17.2 Å². The van der Waals surface area contributed by atoms with Crippen LogP contribution in [0.3, 0.4) is 0 Å². The van der Waals surface area contributed by atoms with E-state index in [1.54, 1.807) is 15.7 Å². The number of aryl methyl sites for hydroxylation is 1. The fourth-order valence-electron chi connectivity index (χ4n) is 3.91.